The molecule has 0 aliphatic heterocycles. The zero-order valence-electron chi connectivity index (χ0n) is 25.7. The number of carbonyl (C=O) groups is 4. The summed E-state index contributed by atoms with van der Waals surface area (Å²) in [6.45, 7) is 3.86. The predicted octanol–water partition coefficient (Wildman–Crippen LogP) is 4.57. The third-order valence-electron chi connectivity index (χ3n) is 8.62. The predicted molar refractivity (Wildman–Crippen MR) is 159 cm³/mol. The Balaban J connectivity index is 1.51. The van der Waals surface area contributed by atoms with Gasteiger partial charge >= 0.3 is 12.0 Å². The molecule has 1 aromatic heterocycles. The zero-order valence-corrected chi connectivity index (χ0v) is 25.7. The van der Waals surface area contributed by atoms with Gasteiger partial charge in [-0.25, -0.2) is 14.0 Å². The molecule has 0 saturated heterocycles. The van der Waals surface area contributed by atoms with E-state index in [0.29, 0.717) is 12.1 Å². The van der Waals surface area contributed by atoms with Crippen LogP contribution in [-0.4, -0.2) is 70.8 Å². The van der Waals surface area contributed by atoms with Crippen molar-refractivity contribution >= 4 is 29.5 Å². The number of nitrogens with one attached hydrogen (secondary N) is 3. The number of urea groups is 1. The number of rotatable bonds is 11. The molecular weight excluding hydrogens is 593 g/mol. The van der Waals surface area contributed by atoms with Crippen LogP contribution in [0.15, 0.2) is 42.1 Å². The maximum Gasteiger partial charge on any atom is 0.329 e. The van der Waals surface area contributed by atoms with E-state index in [1.165, 1.54) is 41.1 Å². The number of aryl methyl sites for hydroxylation is 1. The van der Waals surface area contributed by atoms with Crippen molar-refractivity contribution in [3.63, 3.8) is 0 Å². The lowest BCUT2D eigenvalue weighted by Gasteiger charge is -2.31. The fraction of sp³-hybridized carbons (Fsp3) is 0.516. The zero-order chi connectivity index (χ0) is 32.8. The SMILES string of the molecule is CCn1nccc1C(=O)N[C@H](C(=O)Nc1ccc([C@H](C)[C@@H](NC(=O)N(C)C2CC2)C(=O)OC)cc1F)C1CCC(=C(F)F)CC1. The molecule has 4 rings (SSSR count). The molecule has 1 heterocycles. The number of hydrogen-bond acceptors (Lipinski definition) is 6. The number of amides is 4. The highest BCUT2D eigenvalue weighted by Gasteiger charge is 2.36. The van der Waals surface area contributed by atoms with Crippen LogP contribution < -0.4 is 16.0 Å². The van der Waals surface area contributed by atoms with Crippen LogP contribution in [0.3, 0.4) is 0 Å². The maximum absolute atomic E-state index is 15.4. The van der Waals surface area contributed by atoms with E-state index in [1.807, 2.05) is 0 Å². The van der Waals surface area contributed by atoms with Crippen LogP contribution in [0.1, 0.15) is 74.3 Å². The molecule has 45 heavy (non-hydrogen) atoms. The molecule has 11 nitrogen and oxygen atoms in total. The third-order valence-corrected chi connectivity index (χ3v) is 8.62. The molecule has 2 saturated carbocycles. The van der Waals surface area contributed by atoms with Gasteiger partial charge in [0.05, 0.1) is 12.8 Å². The molecule has 2 aliphatic rings. The number of ether oxygens (including phenoxy) is 1. The van der Waals surface area contributed by atoms with Gasteiger partial charge in [0, 0.05) is 31.7 Å². The summed E-state index contributed by atoms with van der Waals surface area (Å²) in [7, 11) is 2.83. The lowest BCUT2D eigenvalue weighted by molar-refractivity contribution is -0.143. The summed E-state index contributed by atoms with van der Waals surface area (Å²) in [6.07, 6.45) is 2.10. The Morgan fingerprint density at radius 2 is 1.78 bits per heavy atom. The summed E-state index contributed by atoms with van der Waals surface area (Å²) in [5, 5.41) is 12.0. The molecule has 3 N–H and O–H groups in total. The molecule has 0 unspecified atom stereocenters. The van der Waals surface area contributed by atoms with E-state index in [9.17, 15) is 28.0 Å². The van der Waals surface area contributed by atoms with Crippen LogP contribution >= 0.6 is 0 Å². The number of carbonyl (C=O) groups excluding carboxylic acids is 4. The van der Waals surface area contributed by atoms with Gasteiger partial charge in [-0.3, -0.25) is 14.3 Å². The average molecular weight is 633 g/mol. The Morgan fingerprint density at radius 1 is 1.09 bits per heavy atom. The normalized spacial score (nSPS) is 18.3. The number of aromatic nitrogens is 2. The highest BCUT2D eigenvalue weighted by atomic mass is 19.3. The van der Waals surface area contributed by atoms with Crippen LogP contribution in [0.4, 0.5) is 23.7 Å². The van der Waals surface area contributed by atoms with Crippen molar-refractivity contribution in [3.05, 3.63) is 59.2 Å². The van der Waals surface area contributed by atoms with Crippen molar-refractivity contribution in [3.8, 4) is 0 Å². The summed E-state index contributed by atoms with van der Waals surface area (Å²) in [6, 6.07) is 2.93. The molecule has 3 atom stereocenters. The van der Waals surface area contributed by atoms with Crippen molar-refractivity contribution in [1.29, 1.82) is 0 Å². The summed E-state index contributed by atoms with van der Waals surface area (Å²) in [5.74, 6) is -3.94. The van der Waals surface area contributed by atoms with Gasteiger partial charge in [0.1, 0.15) is 23.6 Å². The van der Waals surface area contributed by atoms with Gasteiger partial charge < -0.3 is 25.6 Å². The Labute approximate surface area is 259 Å². The molecular formula is C31H39F3N6O5. The molecule has 2 aromatic rings. The number of allylic oxidation sites excluding steroid dienone is 1. The molecule has 4 amide bonds. The lowest BCUT2D eigenvalue weighted by atomic mass is 9.81. The molecule has 0 spiro atoms. The van der Waals surface area contributed by atoms with E-state index in [1.54, 1.807) is 20.9 Å². The smallest absolute Gasteiger partial charge is 0.329 e. The Hall–Kier alpha value is -4.36. The molecule has 14 heteroatoms. The van der Waals surface area contributed by atoms with Crippen molar-refractivity contribution in [2.75, 3.05) is 19.5 Å². The largest absolute Gasteiger partial charge is 0.467 e. The van der Waals surface area contributed by atoms with Gasteiger partial charge in [0.2, 0.25) is 5.91 Å². The van der Waals surface area contributed by atoms with Crippen molar-refractivity contribution in [2.45, 2.75) is 83.0 Å². The molecule has 0 bridgehead atoms. The monoisotopic (exact) mass is 632 g/mol. The second-order valence-electron chi connectivity index (χ2n) is 11.5. The van der Waals surface area contributed by atoms with E-state index in [4.69, 9.17) is 4.74 Å². The van der Waals surface area contributed by atoms with E-state index >= 15 is 4.39 Å². The quantitative estimate of drug-likeness (QED) is 0.311. The van der Waals surface area contributed by atoms with Gasteiger partial charge in [-0.1, -0.05) is 13.0 Å². The first-order chi connectivity index (χ1) is 21.4. The van der Waals surface area contributed by atoms with E-state index in [-0.39, 0.29) is 48.7 Å². The number of halogens is 3. The number of esters is 1. The topological polar surface area (TPSA) is 135 Å². The number of methoxy groups -OCH3 is 1. The standard InChI is InChI=1S/C31H39F3N6O5/c1-5-40-24(14-15-35-40)28(41)37-26(18-6-8-19(9-7-18)27(33)34)29(42)36-23-13-10-20(16-22(23)32)17(2)25(30(43)45-4)38-31(44)39(3)21-11-12-21/h10,13-18,21,25-26H,5-9,11-12H2,1-4H3,(H,36,42)(H,37,41)(H,38,44)/t17-,25+,26-/m0/s1. The number of nitrogens with zero attached hydrogens (tertiary/aromatic N) is 3. The lowest BCUT2D eigenvalue weighted by Crippen LogP contribution is -2.50. The third kappa shape index (κ3) is 8.03. The number of hydrogen-bond donors (Lipinski definition) is 3. The molecule has 2 fully saturated rings. The first-order valence-electron chi connectivity index (χ1n) is 15.0. The van der Waals surface area contributed by atoms with Crippen LogP contribution in [0.25, 0.3) is 0 Å². The second kappa shape index (κ2) is 14.6. The van der Waals surface area contributed by atoms with Crippen molar-refractivity contribution in [2.24, 2.45) is 5.92 Å². The van der Waals surface area contributed by atoms with Gasteiger partial charge in [-0.05, 0) is 80.7 Å². The van der Waals surface area contributed by atoms with E-state index in [2.05, 4.69) is 21.0 Å². The number of anilines is 1. The fourth-order valence-corrected chi connectivity index (χ4v) is 5.60. The molecule has 2 aliphatic carbocycles. The first kappa shape index (κ1) is 33.5. The first-order valence-corrected chi connectivity index (χ1v) is 15.0. The van der Waals surface area contributed by atoms with Gasteiger partial charge in [-0.2, -0.15) is 13.9 Å². The van der Waals surface area contributed by atoms with Crippen molar-refractivity contribution < 1.29 is 37.1 Å². The van der Waals surface area contributed by atoms with Crippen LogP contribution in [0, 0.1) is 11.7 Å². The minimum absolute atomic E-state index is 0.0252. The second-order valence-corrected chi connectivity index (χ2v) is 11.5. The van der Waals surface area contributed by atoms with Crippen LogP contribution in [-0.2, 0) is 20.9 Å². The molecule has 244 valence electrons. The van der Waals surface area contributed by atoms with Crippen LogP contribution in [0.2, 0.25) is 0 Å². The maximum atomic E-state index is 15.4. The van der Waals surface area contributed by atoms with Gasteiger partial charge in [0.15, 0.2) is 0 Å². The minimum atomic E-state index is -1.73. The average Bonchev–Trinajstić information content (AvgIpc) is 3.77. The molecule has 1 aromatic carbocycles. The van der Waals surface area contributed by atoms with Crippen LogP contribution in [0.5, 0.6) is 0 Å². The van der Waals surface area contributed by atoms with Crippen molar-refractivity contribution in [1.82, 2.24) is 25.3 Å². The summed E-state index contributed by atoms with van der Waals surface area (Å²) >= 11 is 0. The Morgan fingerprint density at radius 3 is 2.36 bits per heavy atom. The van der Waals surface area contributed by atoms with E-state index < -0.39 is 59.6 Å². The van der Waals surface area contributed by atoms with Gasteiger partial charge in [-0.15, -0.1) is 0 Å². The number of benzene rings is 1. The van der Waals surface area contributed by atoms with E-state index in [0.717, 1.165) is 18.9 Å². The minimum Gasteiger partial charge on any atom is -0.467 e. The Bertz CT molecular complexity index is 1440. The summed E-state index contributed by atoms with van der Waals surface area (Å²) in [5.41, 5.74) is 0.443. The summed E-state index contributed by atoms with van der Waals surface area (Å²) < 4.78 is 48.2. The highest BCUT2D eigenvalue weighted by molar-refractivity contribution is 6.00. The van der Waals surface area contributed by atoms with Gasteiger partial charge in [0.25, 0.3) is 12.0 Å². The Kier molecular flexibility index (Phi) is 10.9. The fourth-order valence-electron chi connectivity index (χ4n) is 5.60. The highest BCUT2D eigenvalue weighted by Crippen LogP contribution is 2.34. The summed E-state index contributed by atoms with van der Waals surface area (Å²) in [4.78, 5) is 53.5. The molecule has 0 radical (unpaired) electrons.